The topological polar surface area (TPSA) is 94.1 Å². The van der Waals surface area contributed by atoms with Crippen LogP contribution in [0, 0.1) is 0 Å². The first-order valence-corrected chi connectivity index (χ1v) is 14.7. The smallest absolute Gasteiger partial charge is 0.303 e. The van der Waals surface area contributed by atoms with Gasteiger partial charge in [-0.1, -0.05) is 84.0 Å². The molecule has 204 valence electrons. The molecule has 2 atom stereocenters. The molecule has 0 aromatic carbocycles. The number of ether oxygens (including phenoxy) is 2. The summed E-state index contributed by atoms with van der Waals surface area (Å²) >= 11 is 0. The fourth-order valence-corrected chi connectivity index (χ4v) is 4.15. The van der Waals surface area contributed by atoms with Gasteiger partial charge < -0.3 is 27.9 Å². The van der Waals surface area contributed by atoms with E-state index in [1.807, 2.05) is 21.1 Å². The van der Waals surface area contributed by atoms with E-state index in [0.29, 0.717) is 17.6 Å². The molecule has 0 aliphatic heterocycles. The normalized spacial score (nSPS) is 14.6. The van der Waals surface area contributed by atoms with E-state index in [0.717, 1.165) is 12.8 Å². The minimum Gasteiger partial charge on any atom is -0.756 e. The van der Waals surface area contributed by atoms with E-state index in [9.17, 15) is 14.3 Å². The van der Waals surface area contributed by atoms with Gasteiger partial charge in [-0.15, -0.1) is 0 Å². The van der Waals surface area contributed by atoms with E-state index in [-0.39, 0.29) is 19.8 Å². The monoisotopic (exact) mass is 509 g/mol. The van der Waals surface area contributed by atoms with Gasteiger partial charge in [-0.2, -0.15) is 0 Å². The Bertz CT molecular complexity index is 540. The number of likely N-dealkylation sites (N-methyl/N-ethyl adjacent to an activating group) is 1. The molecule has 0 aromatic heterocycles. The highest BCUT2D eigenvalue weighted by Crippen LogP contribution is 2.38. The Morgan fingerprint density at radius 2 is 1.29 bits per heavy atom. The molecule has 0 aliphatic rings. The van der Waals surface area contributed by atoms with Crippen LogP contribution in [-0.4, -0.2) is 70.7 Å². The molecule has 0 aliphatic carbocycles. The molecule has 0 heterocycles. The lowest BCUT2D eigenvalue weighted by Crippen LogP contribution is -2.37. The van der Waals surface area contributed by atoms with E-state index < -0.39 is 19.9 Å². The predicted molar refractivity (Wildman–Crippen MR) is 134 cm³/mol. The molecule has 0 N–H and O–H groups in total. The lowest BCUT2D eigenvalue weighted by atomic mass is 10.0. The van der Waals surface area contributed by atoms with E-state index in [1.165, 1.54) is 77.6 Å². The predicted octanol–water partition coefficient (Wildman–Crippen LogP) is 5.23. The minimum atomic E-state index is -4.46. The van der Waals surface area contributed by atoms with Gasteiger partial charge >= 0.3 is 5.97 Å². The van der Waals surface area contributed by atoms with Crippen molar-refractivity contribution in [3.63, 3.8) is 0 Å². The quantitative estimate of drug-likeness (QED) is 0.0761. The molecule has 9 heteroatoms. The average molecular weight is 510 g/mol. The number of carbonyl (C=O) groups excluding carboxylic acids is 1. The number of hydrogen-bond acceptors (Lipinski definition) is 7. The number of phosphoric acid groups is 1. The fourth-order valence-electron chi connectivity index (χ4n) is 3.43. The summed E-state index contributed by atoms with van der Waals surface area (Å²) < 4.78 is 33.0. The van der Waals surface area contributed by atoms with Crippen molar-refractivity contribution in [2.24, 2.45) is 0 Å². The molecule has 0 bridgehead atoms. The van der Waals surface area contributed by atoms with Crippen molar-refractivity contribution in [2.75, 3.05) is 54.1 Å². The fraction of sp³-hybridized carbons (Fsp3) is 0.960. The summed E-state index contributed by atoms with van der Waals surface area (Å²) in [5.41, 5.74) is 0. The van der Waals surface area contributed by atoms with Crippen LogP contribution in [0.25, 0.3) is 0 Å². The van der Waals surface area contributed by atoms with Gasteiger partial charge in [-0.05, 0) is 6.42 Å². The second-order valence-corrected chi connectivity index (χ2v) is 11.5. The molecule has 0 saturated carbocycles. The molecular weight excluding hydrogens is 457 g/mol. The Morgan fingerprint density at radius 3 is 1.76 bits per heavy atom. The van der Waals surface area contributed by atoms with Crippen LogP contribution in [0.3, 0.4) is 0 Å². The van der Waals surface area contributed by atoms with Gasteiger partial charge in [0, 0.05) is 13.5 Å². The van der Waals surface area contributed by atoms with Crippen LogP contribution < -0.4 is 4.89 Å². The summed E-state index contributed by atoms with van der Waals surface area (Å²) in [4.78, 5) is 23.2. The van der Waals surface area contributed by atoms with Gasteiger partial charge in [0.2, 0.25) is 0 Å². The number of nitrogens with zero attached hydrogens (tertiary/aromatic N) is 1. The molecular formula is C25H52NO7P. The van der Waals surface area contributed by atoms with Crippen molar-refractivity contribution in [3.8, 4) is 0 Å². The van der Waals surface area contributed by atoms with Crippen molar-refractivity contribution < 1.29 is 37.3 Å². The third-order valence-electron chi connectivity index (χ3n) is 5.46. The van der Waals surface area contributed by atoms with Gasteiger partial charge in [0.15, 0.2) is 0 Å². The van der Waals surface area contributed by atoms with Gasteiger partial charge in [0.25, 0.3) is 7.82 Å². The highest BCUT2D eigenvalue weighted by atomic mass is 31.2. The van der Waals surface area contributed by atoms with Gasteiger partial charge in [0.05, 0.1) is 34.4 Å². The molecule has 0 saturated heterocycles. The van der Waals surface area contributed by atoms with Crippen LogP contribution in [0.15, 0.2) is 0 Å². The van der Waals surface area contributed by atoms with Crippen LogP contribution in [0.2, 0.25) is 0 Å². The third kappa shape index (κ3) is 24.6. The maximum Gasteiger partial charge on any atom is 0.303 e. The number of quaternary nitrogens is 1. The molecule has 0 rings (SSSR count). The van der Waals surface area contributed by atoms with Crippen LogP contribution in [-0.2, 0) is 27.9 Å². The van der Waals surface area contributed by atoms with Crippen LogP contribution in [0.1, 0.15) is 97.3 Å². The Hall–Kier alpha value is -0.500. The Balaban J connectivity index is 3.81. The number of carbonyl (C=O) groups is 1. The maximum atomic E-state index is 11.9. The van der Waals surface area contributed by atoms with Crippen LogP contribution in [0.5, 0.6) is 0 Å². The molecule has 0 amide bonds. The third-order valence-corrected chi connectivity index (χ3v) is 6.42. The highest BCUT2D eigenvalue weighted by Gasteiger charge is 2.19. The molecule has 0 fully saturated rings. The molecule has 34 heavy (non-hydrogen) atoms. The molecule has 8 nitrogen and oxygen atoms in total. The maximum absolute atomic E-state index is 11.9. The first-order valence-electron chi connectivity index (χ1n) is 13.2. The lowest BCUT2D eigenvalue weighted by Gasteiger charge is -2.28. The van der Waals surface area contributed by atoms with E-state index in [1.54, 1.807) is 0 Å². The van der Waals surface area contributed by atoms with Crippen molar-refractivity contribution in [1.82, 2.24) is 0 Å². The summed E-state index contributed by atoms with van der Waals surface area (Å²) in [6.45, 7) is 4.39. The van der Waals surface area contributed by atoms with Crippen molar-refractivity contribution in [1.29, 1.82) is 0 Å². The number of esters is 1. The molecule has 0 radical (unpaired) electrons. The van der Waals surface area contributed by atoms with Gasteiger partial charge in [0.1, 0.15) is 19.3 Å². The number of hydrogen-bond donors (Lipinski definition) is 0. The van der Waals surface area contributed by atoms with Crippen molar-refractivity contribution in [3.05, 3.63) is 0 Å². The van der Waals surface area contributed by atoms with Crippen molar-refractivity contribution in [2.45, 2.75) is 103 Å². The van der Waals surface area contributed by atoms with Crippen molar-refractivity contribution >= 4 is 13.8 Å². The Kier molecular flexibility index (Phi) is 20.4. The minimum absolute atomic E-state index is 0.0259. The Morgan fingerprint density at radius 1 is 0.794 bits per heavy atom. The summed E-state index contributed by atoms with van der Waals surface area (Å²) in [6, 6.07) is 0. The lowest BCUT2D eigenvalue weighted by molar-refractivity contribution is -0.870. The summed E-state index contributed by atoms with van der Waals surface area (Å²) in [5.74, 6) is -0.509. The highest BCUT2D eigenvalue weighted by molar-refractivity contribution is 7.45. The number of phosphoric ester groups is 1. The molecule has 0 aromatic rings. The first-order chi connectivity index (χ1) is 16.1. The standard InChI is InChI=1S/C25H52NO7P/c1-6-7-8-9-10-11-12-13-14-15-16-17-18-20-30-22-25(33-24(2)27)23-32-34(28,29)31-21-19-26(3,4)5/h25H,6-23H2,1-5H3/t25-/m1/s1. The zero-order chi connectivity index (χ0) is 25.7. The Labute approximate surface area is 208 Å². The van der Waals surface area contributed by atoms with Gasteiger partial charge in [-0.25, -0.2) is 0 Å². The largest absolute Gasteiger partial charge is 0.756 e. The molecule has 0 spiro atoms. The van der Waals surface area contributed by atoms with E-state index >= 15 is 0 Å². The van der Waals surface area contributed by atoms with E-state index in [2.05, 4.69) is 6.92 Å². The van der Waals surface area contributed by atoms with Gasteiger partial charge in [-0.3, -0.25) is 9.36 Å². The summed E-state index contributed by atoms with van der Waals surface area (Å²) in [7, 11) is 1.35. The second-order valence-electron chi connectivity index (χ2n) is 10.1. The van der Waals surface area contributed by atoms with E-state index in [4.69, 9.17) is 18.5 Å². The second kappa shape index (κ2) is 20.7. The summed E-state index contributed by atoms with van der Waals surface area (Å²) in [6.07, 6.45) is 15.9. The summed E-state index contributed by atoms with van der Waals surface area (Å²) in [5, 5.41) is 0. The molecule has 1 unspecified atom stereocenters. The number of unbranched alkanes of at least 4 members (excludes halogenated alkanes) is 12. The zero-order valence-corrected chi connectivity index (χ0v) is 23.5. The SMILES string of the molecule is CCCCCCCCCCCCCCCOC[C@H](COP(=O)([O-])OCC[N+](C)(C)C)OC(C)=O. The first kappa shape index (κ1) is 33.5. The zero-order valence-electron chi connectivity index (χ0n) is 22.6. The number of rotatable bonds is 24. The van der Waals surface area contributed by atoms with Crippen LogP contribution in [0.4, 0.5) is 0 Å². The van der Waals surface area contributed by atoms with Crippen LogP contribution >= 0.6 is 7.82 Å². The average Bonchev–Trinajstić information content (AvgIpc) is 2.73.